The molecule has 3 nitrogen and oxygen atoms in total. The number of hydrogen-bond donors (Lipinski definition) is 1. The fourth-order valence-corrected chi connectivity index (χ4v) is 2.55. The maximum Gasteiger partial charge on any atom is 0.0705 e. The third kappa shape index (κ3) is 3.11. The summed E-state index contributed by atoms with van der Waals surface area (Å²) >= 11 is 0. The Morgan fingerprint density at radius 3 is 3.11 bits per heavy atom. The molecular weight excluding hydrogens is 236 g/mol. The smallest absolute Gasteiger partial charge is 0.0705 e. The lowest BCUT2D eigenvalue weighted by Crippen LogP contribution is -2.22. The summed E-state index contributed by atoms with van der Waals surface area (Å²) in [6.45, 7) is 5.82. The van der Waals surface area contributed by atoms with Crippen molar-refractivity contribution in [3.8, 4) is 0 Å². The Morgan fingerprint density at radius 1 is 1.32 bits per heavy atom. The monoisotopic (exact) mass is 256 g/mol. The molecule has 1 saturated heterocycles. The molecule has 19 heavy (non-hydrogen) atoms. The van der Waals surface area contributed by atoms with E-state index in [1.165, 1.54) is 17.4 Å². The van der Waals surface area contributed by atoms with Crippen LogP contribution in [0.25, 0.3) is 10.9 Å². The van der Waals surface area contributed by atoms with Gasteiger partial charge in [-0.25, -0.2) is 0 Å². The van der Waals surface area contributed by atoms with Crippen LogP contribution in [-0.2, 0) is 11.3 Å². The van der Waals surface area contributed by atoms with E-state index in [1.807, 2.05) is 6.92 Å². The van der Waals surface area contributed by atoms with Crippen LogP contribution < -0.4 is 5.32 Å². The Labute approximate surface area is 114 Å². The van der Waals surface area contributed by atoms with E-state index >= 15 is 0 Å². The van der Waals surface area contributed by atoms with Gasteiger partial charge in [0.1, 0.15) is 0 Å². The molecule has 0 aliphatic carbocycles. The van der Waals surface area contributed by atoms with E-state index in [0.717, 1.165) is 37.5 Å². The minimum absolute atomic E-state index is 0.685. The lowest BCUT2D eigenvalue weighted by Gasteiger charge is -2.10. The van der Waals surface area contributed by atoms with E-state index in [2.05, 4.69) is 40.6 Å². The fraction of sp³-hybridized carbons (Fsp3) is 0.438. The maximum atomic E-state index is 5.38. The Hall–Kier alpha value is -1.45. The molecule has 1 N–H and O–H groups in total. The average molecular weight is 256 g/mol. The summed E-state index contributed by atoms with van der Waals surface area (Å²) in [5, 5.41) is 4.74. The molecular formula is C16H20N2O. The second-order valence-corrected chi connectivity index (χ2v) is 5.34. The van der Waals surface area contributed by atoms with Crippen molar-refractivity contribution in [1.29, 1.82) is 0 Å². The summed E-state index contributed by atoms with van der Waals surface area (Å²) in [6, 6.07) is 10.7. The largest absolute Gasteiger partial charge is 0.381 e. The Bertz CT molecular complexity index is 562. The SMILES string of the molecule is Cc1ccc2cc(CNCC3CCOC3)ccc2n1. The van der Waals surface area contributed by atoms with Crippen molar-refractivity contribution in [2.45, 2.75) is 19.9 Å². The lowest BCUT2D eigenvalue weighted by molar-refractivity contribution is 0.185. The zero-order valence-electron chi connectivity index (χ0n) is 11.4. The highest BCUT2D eigenvalue weighted by molar-refractivity contribution is 5.79. The van der Waals surface area contributed by atoms with Crippen molar-refractivity contribution in [3.05, 3.63) is 41.6 Å². The van der Waals surface area contributed by atoms with E-state index < -0.39 is 0 Å². The zero-order valence-corrected chi connectivity index (χ0v) is 11.4. The van der Waals surface area contributed by atoms with E-state index in [9.17, 15) is 0 Å². The summed E-state index contributed by atoms with van der Waals surface area (Å²) in [4.78, 5) is 4.52. The Morgan fingerprint density at radius 2 is 2.26 bits per heavy atom. The molecule has 1 aliphatic heterocycles. The molecule has 0 radical (unpaired) electrons. The van der Waals surface area contributed by atoms with Crippen molar-refractivity contribution in [1.82, 2.24) is 10.3 Å². The second kappa shape index (κ2) is 5.68. The van der Waals surface area contributed by atoms with Gasteiger partial charge < -0.3 is 10.1 Å². The van der Waals surface area contributed by atoms with Crippen LogP contribution in [0.1, 0.15) is 17.7 Å². The van der Waals surface area contributed by atoms with Gasteiger partial charge in [-0.1, -0.05) is 12.1 Å². The lowest BCUT2D eigenvalue weighted by atomic mass is 10.1. The molecule has 3 heteroatoms. The van der Waals surface area contributed by atoms with Gasteiger partial charge in [0, 0.05) is 30.8 Å². The molecule has 2 heterocycles. The van der Waals surface area contributed by atoms with Gasteiger partial charge in [-0.05, 0) is 43.0 Å². The number of rotatable bonds is 4. The number of nitrogens with one attached hydrogen (secondary N) is 1. The normalized spacial score (nSPS) is 19.1. The third-order valence-corrected chi connectivity index (χ3v) is 3.68. The van der Waals surface area contributed by atoms with Crippen LogP contribution in [0.2, 0.25) is 0 Å². The highest BCUT2D eigenvalue weighted by atomic mass is 16.5. The quantitative estimate of drug-likeness (QED) is 0.913. The third-order valence-electron chi connectivity index (χ3n) is 3.68. The van der Waals surface area contributed by atoms with Gasteiger partial charge in [-0.15, -0.1) is 0 Å². The average Bonchev–Trinajstić information content (AvgIpc) is 2.92. The molecule has 1 atom stereocenters. The number of aromatic nitrogens is 1. The molecule has 0 saturated carbocycles. The number of fused-ring (bicyclic) bond motifs is 1. The first-order chi connectivity index (χ1) is 9.31. The van der Waals surface area contributed by atoms with E-state index in [-0.39, 0.29) is 0 Å². The number of nitrogens with zero attached hydrogens (tertiary/aromatic N) is 1. The minimum atomic E-state index is 0.685. The summed E-state index contributed by atoms with van der Waals surface area (Å²) in [5.74, 6) is 0.685. The predicted molar refractivity (Wildman–Crippen MR) is 77.1 cm³/mol. The number of benzene rings is 1. The molecule has 1 aromatic carbocycles. The van der Waals surface area contributed by atoms with Crippen LogP contribution in [0.15, 0.2) is 30.3 Å². The van der Waals surface area contributed by atoms with Gasteiger partial charge >= 0.3 is 0 Å². The minimum Gasteiger partial charge on any atom is -0.381 e. The van der Waals surface area contributed by atoms with Gasteiger partial charge in [0.05, 0.1) is 12.1 Å². The summed E-state index contributed by atoms with van der Waals surface area (Å²) in [5.41, 5.74) is 3.46. The van der Waals surface area contributed by atoms with Crippen LogP contribution >= 0.6 is 0 Å². The molecule has 0 spiro atoms. The molecule has 1 aromatic heterocycles. The summed E-state index contributed by atoms with van der Waals surface area (Å²) in [6.07, 6.45) is 1.19. The van der Waals surface area contributed by atoms with Crippen LogP contribution in [0.5, 0.6) is 0 Å². The van der Waals surface area contributed by atoms with Crippen molar-refractivity contribution in [2.75, 3.05) is 19.8 Å². The van der Waals surface area contributed by atoms with Gasteiger partial charge in [0.2, 0.25) is 0 Å². The summed E-state index contributed by atoms with van der Waals surface area (Å²) < 4.78 is 5.38. The first-order valence-corrected chi connectivity index (χ1v) is 6.96. The standard InChI is InChI=1S/C16H20N2O/c1-12-2-4-15-8-13(3-5-16(15)18-12)9-17-10-14-6-7-19-11-14/h2-5,8,14,17H,6-7,9-11H2,1H3. The van der Waals surface area contributed by atoms with Crippen molar-refractivity contribution in [3.63, 3.8) is 0 Å². The Kier molecular flexibility index (Phi) is 3.76. The van der Waals surface area contributed by atoms with E-state index in [1.54, 1.807) is 0 Å². The van der Waals surface area contributed by atoms with Gasteiger partial charge in [-0.2, -0.15) is 0 Å². The molecule has 1 aliphatic rings. The number of aryl methyl sites for hydroxylation is 1. The summed E-state index contributed by atoms with van der Waals surface area (Å²) in [7, 11) is 0. The van der Waals surface area contributed by atoms with Crippen LogP contribution in [0.4, 0.5) is 0 Å². The molecule has 100 valence electrons. The molecule has 0 amide bonds. The highest BCUT2D eigenvalue weighted by Crippen LogP contribution is 2.15. The molecule has 1 unspecified atom stereocenters. The topological polar surface area (TPSA) is 34.1 Å². The highest BCUT2D eigenvalue weighted by Gasteiger charge is 2.14. The first-order valence-electron chi connectivity index (χ1n) is 6.96. The maximum absolute atomic E-state index is 5.38. The Balaban J connectivity index is 1.62. The van der Waals surface area contributed by atoms with Crippen molar-refractivity contribution >= 4 is 10.9 Å². The van der Waals surface area contributed by atoms with E-state index in [0.29, 0.717) is 5.92 Å². The second-order valence-electron chi connectivity index (χ2n) is 5.34. The number of ether oxygens (including phenoxy) is 1. The van der Waals surface area contributed by atoms with Gasteiger partial charge in [-0.3, -0.25) is 4.98 Å². The van der Waals surface area contributed by atoms with E-state index in [4.69, 9.17) is 4.74 Å². The molecule has 3 rings (SSSR count). The van der Waals surface area contributed by atoms with Crippen molar-refractivity contribution in [2.24, 2.45) is 5.92 Å². The zero-order chi connectivity index (χ0) is 13.1. The van der Waals surface area contributed by atoms with Crippen LogP contribution in [0.3, 0.4) is 0 Å². The predicted octanol–water partition coefficient (Wildman–Crippen LogP) is 2.67. The van der Waals surface area contributed by atoms with Gasteiger partial charge in [0.25, 0.3) is 0 Å². The van der Waals surface area contributed by atoms with Crippen molar-refractivity contribution < 1.29 is 4.74 Å². The first kappa shape index (κ1) is 12.6. The van der Waals surface area contributed by atoms with Crippen LogP contribution in [0, 0.1) is 12.8 Å². The molecule has 0 bridgehead atoms. The number of pyridine rings is 1. The molecule has 2 aromatic rings. The fourth-order valence-electron chi connectivity index (χ4n) is 2.55. The molecule has 1 fully saturated rings. The van der Waals surface area contributed by atoms with Crippen LogP contribution in [-0.4, -0.2) is 24.7 Å². The van der Waals surface area contributed by atoms with Gasteiger partial charge in [0.15, 0.2) is 0 Å². The number of hydrogen-bond acceptors (Lipinski definition) is 3.